The van der Waals surface area contributed by atoms with Crippen molar-refractivity contribution in [2.24, 2.45) is 0 Å². The molecule has 2 heterocycles. The summed E-state index contributed by atoms with van der Waals surface area (Å²) in [6.45, 7) is 6.75. The van der Waals surface area contributed by atoms with Gasteiger partial charge in [0.25, 0.3) is 5.95 Å². The van der Waals surface area contributed by atoms with Gasteiger partial charge in [-0.1, -0.05) is 6.08 Å². The first-order chi connectivity index (χ1) is 9.33. The highest BCUT2D eigenvalue weighted by molar-refractivity contribution is 5.29. The fourth-order valence-corrected chi connectivity index (χ4v) is 1.30. The van der Waals surface area contributed by atoms with Crippen LogP contribution in [0.1, 0.15) is 13.3 Å². The molecule has 8 heteroatoms. The molecule has 2 rings (SSSR count). The molecule has 0 saturated carbocycles. The van der Waals surface area contributed by atoms with E-state index in [9.17, 15) is 0 Å². The SMILES string of the molecule is C=CCCOc1nc(NCC)nc(-n2cncn2)n1. The number of aromatic nitrogens is 6. The van der Waals surface area contributed by atoms with E-state index in [1.165, 1.54) is 17.3 Å². The average molecular weight is 261 g/mol. The molecule has 0 spiro atoms. The monoisotopic (exact) mass is 261 g/mol. The van der Waals surface area contributed by atoms with Crippen molar-refractivity contribution < 1.29 is 4.74 Å². The Labute approximate surface area is 110 Å². The van der Waals surface area contributed by atoms with Gasteiger partial charge in [-0.25, -0.2) is 4.98 Å². The van der Waals surface area contributed by atoms with Crippen LogP contribution in [-0.2, 0) is 0 Å². The van der Waals surface area contributed by atoms with Crippen LogP contribution in [0.3, 0.4) is 0 Å². The molecule has 19 heavy (non-hydrogen) atoms. The molecule has 2 aromatic heterocycles. The molecule has 0 radical (unpaired) electrons. The van der Waals surface area contributed by atoms with Crippen molar-refractivity contribution in [2.75, 3.05) is 18.5 Å². The van der Waals surface area contributed by atoms with Crippen molar-refractivity contribution in [1.29, 1.82) is 0 Å². The average Bonchev–Trinajstić information content (AvgIpc) is 2.93. The Hall–Kier alpha value is -2.51. The smallest absolute Gasteiger partial charge is 0.323 e. The first-order valence-electron chi connectivity index (χ1n) is 5.92. The van der Waals surface area contributed by atoms with Gasteiger partial charge in [-0.2, -0.15) is 24.7 Å². The van der Waals surface area contributed by atoms with Gasteiger partial charge in [-0.05, 0) is 13.3 Å². The molecule has 1 N–H and O–H groups in total. The predicted octanol–water partition coefficient (Wildman–Crippen LogP) is 0.839. The largest absolute Gasteiger partial charge is 0.463 e. The molecule has 0 saturated heterocycles. The molecular weight excluding hydrogens is 246 g/mol. The van der Waals surface area contributed by atoms with Crippen molar-refractivity contribution >= 4 is 5.95 Å². The van der Waals surface area contributed by atoms with Crippen molar-refractivity contribution in [2.45, 2.75) is 13.3 Å². The van der Waals surface area contributed by atoms with Crippen LogP contribution >= 0.6 is 0 Å². The lowest BCUT2D eigenvalue weighted by molar-refractivity contribution is 0.297. The summed E-state index contributed by atoms with van der Waals surface area (Å²) in [5, 5.41) is 7.00. The first-order valence-corrected chi connectivity index (χ1v) is 5.92. The second kappa shape index (κ2) is 6.43. The Balaban J connectivity index is 2.24. The molecule has 8 nitrogen and oxygen atoms in total. The van der Waals surface area contributed by atoms with Crippen LogP contribution in [0.5, 0.6) is 6.01 Å². The van der Waals surface area contributed by atoms with Crippen LogP contribution in [0.2, 0.25) is 0 Å². The summed E-state index contributed by atoms with van der Waals surface area (Å²) in [5.74, 6) is 0.800. The molecule has 0 fully saturated rings. The van der Waals surface area contributed by atoms with E-state index in [0.717, 1.165) is 6.42 Å². The van der Waals surface area contributed by atoms with Gasteiger partial charge in [-0.3, -0.25) is 0 Å². The fraction of sp³-hybridized carbons (Fsp3) is 0.364. The number of hydrogen-bond acceptors (Lipinski definition) is 7. The van der Waals surface area contributed by atoms with Gasteiger partial charge in [0.15, 0.2) is 0 Å². The predicted molar refractivity (Wildman–Crippen MR) is 69.2 cm³/mol. The maximum absolute atomic E-state index is 5.44. The normalized spacial score (nSPS) is 10.2. The standard InChI is InChI=1S/C11H15N7O/c1-3-5-6-19-11-16-9(13-4-2)15-10(17-11)18-8-12-7-14-18/h3,7-8H,1,4-6H2,2H3,(H,13,15,16,17). The summed E-state index contributed by atoms with van der Waals surface area (Å²) in [7, 11) is 0. The minimum Gasteiger partial charge on any atom is -0.463 e. The van der Waals surface area contributed by atoms with Crippen LogP contribution in [-0.4, -0.2) is 42.9 Å². The molecular formula is C11H15N7O. The van der Waals surface area contributed by atoms with Gasteiger partial charge >= 0.3 is 6.01 Å². The van der Waals surface area contributed by atoms with Gasteiger partial charge in [0.1, 0.15) is 12.7 Å². The maximum Gasteiger partial charge on any atom is 0.323 e. The van der Waals surface area contributed by atoms with Crippen molar-refractivity contribution in [3.63, 3.8) is 0 Å². The zero-order valence-electron chi connectivity index (χ0n) is 10.7. The molecule has 2 aromatic rings. The van der Waals surface area contributed by atoms with E-state index in [2.05, 4.69) is 36.9 Å². The summed E-state index contributed by atoms with van der Waals surface area (Å²) in [4.78, 5) is 16.4. The zero-order valence-corrected chi connectivity index (χ0v) is 10.7. The van der Waals surface area contributed by atoms with Crippen LogP contribution in [0.4, 0.5) is 5.95 Å². The molecule has 0 aliphatic heterocycles. The van der Waals surface area contributed by atoms with Crippen LogP contribution in [0, 0.1) is 0 Å². The molecule has 0 aromatic carbocycles. The van der Waals surface area contributed by atoms with E-state index in [4.69, 9.17) is 4.74 Å². The van der Waals surface area contributed by atoms with Crippen molar-refractivity contribution in [3.05, 3.63) is 25.3 Å². The Bertz CT molecular complexity index is 526. The van der Waals surface area contributed by atoms with Gasteiger partial charge in [0, 0.05) is 6.54 Å². The Kier molecular flexibility index (Phi) is 4.38. The third kappa shape index (κ3) is 3.47. The number of nitrogens with one attached hydrogen (secondary N) is 1. The van der Waals surface area contributed by atoms with E-state index >= 15 is 0 Å². The summed E-state index contributed by atoms with van der Waals surface area (Å²) in [6, 6.07) is 0.248. The topological polar surface area (TPSA) is 90.6 Å². The van der Waals surface area contributed by atoms with E-state index in [-0.39, 0.29) is 6.01 Å². The van der Waals surface area contributed by atoms with Gasteiger partial charge in [0.05, 0.1) is 6.61 Å². The van der Waals surface area contributed by atoms with Gasteiger partial charge in [0.2, 0.25) is 5.95 Å². The quantitative estimate of drug-likeness (QED) is 0.583. The minimum atomic E-state index is 0.248. The highest BCUT2D eigenvalue weighted by atomic mass is 16.5. The number of nitrogens with zero attached hydrogens (tertiary/aromatic N) is 6. The lowest BCUT2D eigenvalue weighted by Gasteiger charge is -2.07. The second-order valence-corrected chi connectivity index (χ2v) is 3.54. The van der Waals surface area contributed by atoms with Gasteiger partial charge in [-0.15, -0.1) is 6.58 Å². The summed E-state index contributed by atoms with van der Waals surface area (Å²) in [5.41, 5.74) is 0. The number of anilines is 1. The van der Waals surface area contributed by atoms with Crippen molar-refractivity contribution in [3.8, 4) is 12.0 Å². The molecule has 0 bridgehead atoms. The zero-order chi connectivity index (χ0) is 13.5. The van der Waals surface area contributed by atoms with Gasteiger partial charge < -0.3 is 10.1 Å². The number of rotatable bonds is 7. The molecule has 0 amide bonds. The Morgan fingerprint density at radius 1 is 1.42 bits per heavy atom. The summed E-state index contributed by atoms with van der Waals surface area (Å²) < 4.78 is 6.88. The van der Waals surface area contributed by atoms with Crippen LogP contribution in [0.25, 0.3) is 5.95 Å². The highest BCUT2D eigenvalue weighted by Gasteiger charge is 2.09. The Morgan fingerprint density at radius 3 is 3.00 bits per heavy atom. The molecule has 0 atom stereocenters. The molecule has 0 aliphatic rings. The summed E-state index contributed by atoms with van der Waals surface area (Å²) in [6.07, 6.45) is 5.42. The third-order valence-electron chi connectivity index (χ3n) is 2.11. The third-order valence-corrected chi connectivity index (χ3v) is 2.11. The van der Waals surface area contributed by atoms with E-state index < -0.39 is 0 Å². The number of hydrogen-bond donors (Lipinski definition) is 1. The molecule has 0 unspecified atom stereocenters. The van der Waals surface area contributed by atoms with E-state index in [1.807, 2.05) is 6.92 Å². The van der Waals surface area contributed by atoms with Crippen LogP contribution in [0.15, 0.2) is 25.3 Å². The Morgan fingerprint density at radius 2 is 2.32 bits per heavy atom. The van der Waals surface area contributed by atoms with E-state index in [1.54, 1.807) is 6.08 Å². The maximum atomic E-state index is 5.44. The van der Waals surface area contributed by atoms with Crippen molar-refractivity contribution in [1.82, 2.24) is 29.7 Å². The summed E-state index contributed by atoms with van der Waals surface area (Å²) >= 11 is 0. The fourth-order valence-electron chi connectivity index (χ4n) is 1.30. The minimum absolute atomic E-state index is 0.248. The molecule has 0 aliphatic carbocycles. The lowest BCUT2D eigenvalue weighted by Crippen LogP contribution is -2.11. The molecule has 100 valence electrons. The van der Waals surface area contributed by atoms with E-state index in [0.29, 0.717) is 25.0 Å². The number of ether oxygens (including phenoxy) is 1. The second-order valence-electron chi connectivity index (χ2n) is 3.54. The van der Waals surface area contributed by atoms with Crippen LogP contribution < -0.4 is 10.1 Å². The lowest BCUT2D eigenvalue weighted by atomic mass is 10.5. The highest BCUT2D eigenvalue weighted by Crippen LogP contribution is 2.10. The first kappa shape index (κ1) is 12.9.